The van der Waals surface area contributed by atoms with E-state index in [-0.39, 0.29) is 11.7 Å². The molecule has 0 aliphatic rings. The number of amides is 1. The Balaban J connectivity index is 2.16. The molecule has 0 radical (unpaired) electrons. The van der Waals surface area contributed by atoms with Crippen LogP contribution in [0.15, 0.2) is 30.3 Å². The third-order valence-corrected chi connectivity index (χ3v) is 4.60. The second-order valence-electron chi connectivity index (χ2n) is 7.56. The molecule has 7 heteroatoms. The highest BCUT2D eigenvalue weighted by Gasteiger charge is 2.13. The molecule has 0 atom stereocenters. The molecule has 164 valence electrons. The molecule has 4 N–H and O–H groups in total. The molecule has 0 bridgehead atoms. The number of nitrogens with two attached hydrogens (primary N) is 1. The molecule has 0 saturated heterocycles. The van der Waals surface area contributed by atoms with Gasteiger partial charge in [0.05, 0.1) is 12.3 Å². The zero-order chi connectivity index (χ0) is 21.9. The van der Waals surface area contributed by atoms with Gasteiger partial charge >= 0.3 is 0 Å². The largest absolute Gasteiger partial charge is 0.478 e. The number of nitrogens with one attached hydrogen (secondary N) is 2. The van der Waals surface area contributed by atoms with Crippen LogP contribution in [0.5, 0.6) is 5.88 Å². The summed E-state index contributed by atoms with van der Waals surface area (Å²) in [4.78, 5) is 18.2. The molecule has 0 spiro atoms. The maximum Gasteiger partial charge on any atom is 0.221 e. The fourth-order valence-corrected chi connectivity index (χ4v) is 3.19. The van der Waals surface area contributed by atoms with E-state index in [1.165, 1.54) is 12.5 Å². The molecular weight excluding hydrogens is 378 g/mol. The van der Waals surface area contributed by atoms with Gasteiger partial charge in [-0.15, -0.1) is 0 Å². The van der Waals surface area contributed by atoms with Crippen LogP contribution in [0.25, 0.3) is 0 Å². The summed E-state index contributed by atoms with van der Waals surface area (Å²) < 4.78 is 5.72. The maximum atomic E-state index is 11.6. The van der Waals surface area contributed by atoms with Gasteiger partial charge < -0.3 is 26.0 Å². The highest BCUT2D eigenvalue weighted by molar-refractivity contribution is 5.96. The number of unbranched alkanes of at least 4 members (excludes halogenated alkanes) is 1. The van der Waals surface area contributed by atoms with Gasteiger partial charge in [-0.25, -0.2) is 0 Å². The summed E-state index contributed by atoms with van der Waals surface area (Å²) in [6.07, 6.45) is 3.11. The van der Waals surface area contributed by atoms with Gasteiger partial charge in [0, 0.05) is 26.1 Å². The molecule has 1 amide bonds. The third kappa shape index (κ3) is 7.55. The third-order valence-electron chi connectivity index (χ3n) is 4.60. The number of rotatable bonds is 12. The molecule has 2 rings (SSSR count). The van der Waals surface area contributed by atoms with Crippen molar-refractivity contribution in [1.82, 2.24) is 9.88 Å². The minimum atomic E-state index is -0.202. The van der Waals surface area contributed by atoms with E-state index in [2.05, 4.69) is 65.7 Å². The van der Waals surface area contributed by atoms with Crippen molar-refractivity contribution < 1.29 is 9.53 Å². The van der Waals surface area contributed by atoms with Gasteiger partial charge in [-0.05, 0) is 37.6 Å². The van der Waals surface area contributed by atoms with Crippen molar-refractivity contribution in [2.45, 2.75) is 53.1 Å². The van der Waals surface area contributed by atoms with Gasteiger partial charge in [0.1, 0.15) is 5.69 Å². The Morgan fingerprint density at radius 3 is 2.67 bits per heavy atom. The minimum absolute atomic E-state index is 0.202. The van der Waals surface area contributed by atoms with Crippen LogP contribution in [0, 0.1) is 0 Å². The Labute approximate surface area is 180 Å². The summed E-state index contributed by atoms with van der Waals surface area (Å²) in [5, 5.41) is 6.16. The lowest BCUT2D eigenvalue weighted by Gasteiger charge is -2.18. The first-order valence-electron chi connectivity index (χ1n) is 10.6. The Morgan fingerprint density at radius 2 is 1.97 bits per heavy atom. The number of pyridine rings is 1. The lowest BCUT2D eigenvalue weighted by Crippen LogP contribution is -2.18. The number of carbonyl (C=O) groups is 1. The molecule has 1 aromatic carbocycles. The molecule has 0 unspecified atom stereocenters. The SMILES string of the molecule is CCCCOc1cc(NCc2cccc(CN(C)CCC)c2)c(NC(C)=O)c(N)n1. The summed E-state index contributed by atoms with van der Waals surface area (Å²) in [7, 11) is 2.13. The Hall–Kier alpha value is -2.80. The minimum Gasteiger partial charge on any atom is -0.478 e. The van der Waals surface area contributed by atoms with E-state index >= 15 is 0 Å². The van der Waals surface area contributed by atoms with E-state index in [1.807, 2.05) is 0 Å². The first-order valence-corrected chi connectivity index (χ1v) is 10.6. The average Bonchev–Trinajstić information content (AvgIpc) is 2.69. The van der Waals surface area contributed by atoms with Crippen molar-refractivity contribution in [2.75, 3.05) is 36.6 Å². The zero-order valence-electron chi connectivity index (χ0n) is 18.6. The summed E-state index contributed by atoms with van der Waals surface area (Å²) in [6, 6.07) is 10.3. The fourth-order valence-electron chi connectivity index (χ4n) is 3.19. The summed E-state index contributed by atoms with van der Waals surface area (Å²) in [6.45, 7) is 8.89. The van der Waals surface area contributed by atoms with Gasteiger partial charge in [-0.2, -0.15) is 4.98 Å². The number of nitrogen functional groups attached to an aromatic ring is 1. The second-order valence-corrected chi connectivity index (χ2v) is 7.56. The van der Waals surface area contributed by atoms with Gasteiger partial charge in [0.25, 0.3) is 0 Å². The molecule has 0 saturated carbocycles. The van der Waals surface area contributed by atoms with Crippen LogP contribution in [-0.2, 0) is 17.9 Å². The standard InChI is InChI=1S/C23H35N5O2/c1-5-7-12-30-21-14-20(22(23(24)27-21)26-17(3)29)25-15-18-9-8-10-19(13-18)16-28(4)11-6-2/h8-10,13-14H,5-7,11-12,15-16H2,1-4H3,(H,26,29)(H3,24,25,27). The number of nitrogens with zero attached hydrogens (tertiary/aromatic N) is 2. The van der Waals surface area contributed by atoms with Crippen LogP contribution in [-0.4, -0.2) is 36.0 Å². The van der Waals surface area contributed by atoms with Crippen LogP contribution in [0.4, 0.5) is 17.2 Å². The number of benzene rings is 1. The van der Waals surface area contributed by atoms with Crippen molar-refractivity contribution in [3.8, 4) is 5.88 Å². The summed E-state index contributed by atoms with van der Waals surface area (Å²) >= 11 is 0. The highest BCUT2D eigenvalue weighted by atomic mass is 16.5. The first-order chi connectivity index (χ1) is 14.4. The number of hydrogen-bond acceptors (Lipinski definition) is 6. The maximum absolute atomic E-state index is 11.6. The van der Waals surface area contributed by atoms with Crippen LogP contribution >= 0.6 is 0 Å². The quantitative estimate of drug-likeness (QED) is 0.450. The number of anilines is 3. The van der Waals surface area contributed by atoms with Crippen molar-refractivity contribution in [3.63, 3.8) is 0 Å². The molecule has 0 aliphatic heterocycles. The first kappa shape index (κ1) is 23.5. The topological polar surface area (TPSA) is 92.5 Å². The lowest BCUT2D eigenvalue weighted by atomic mass is 10.1. The zero-order valence-corrected chi connectivity index (χ0v) is 18.6. The molecule has 0 aliphatic carbocycles. The smallest absolute Gasteiger partial charge is 0.221 e. The molecule has 1 aromatic heterocycles. The molecule has 30 heavy (non-hydrogen) atoms. The monoisotopic (exact) mass is 413 g/mol. The van der Waals surface area contributed by atoms with Gasteiger partial charge in [-0.3, -0.25) is 4.79 Å². The van der Waals surface area contributed by atoms with E-state index in [0.717, 1.165) is 37.9 Å². The van der Waals surface area contributed by atoms with Crippen LogP contribution in [0.2, 0.25) is 0 Å². The van der Waals surface area contributed by atoms with Crippen LogP contribution < -0.4 is 21.1 Å². The second kappa shape index (κ2) is 12.0. The molecule has 1 heterocycles. The van der Waals surface area contributed by atoms with Crippen molar-refractivity contribution in [2.24, 2.45) is 0 Å². The van der Waals surface area contributed by atoms with Crippen molar-refractivity contribution in [3.05, 3.63) is 41.5 Å². The number of ether oxygens (including phenoxy) is 1. The van der Waals surface area contributed by atoms with E-state index in [4.69, 9.17) is 10.5 Å². The number of aromatic nitrogens is 1. The van der Waals surface area contributed by atoms with Gasteiger partial charge in [0.15, 0.2) is 5.82 Å². The molecule has 0 fully saturated rings. The predicted octanol–water partition coefficient (Wildman–Crippen LogP) is 4.26. The number of hydrogen-bond donors (Lipinski definition) is 3. The van der Waals surface area contributed by atoms with Gasteiger partial charge in [-0.1, -0.05) is 44.5 Å². The lowest BCUT2D eigenvalue weighted by molar-refractivity contribution is -0.114. The van der Waals surface area contributed by atoms with Crippen LogP contribution in [0.1, 0.15) is 51.2 Å². The van der Waals surface area contributed by atoms with Crippen molar-refractivity contribution >= 4 is 23.1 Å². The van der Waals surface area contributed by atoms with Gasteiger partial charge in [0.2, 0.25) is 11.8 Å². The van der Waals surface area contributed by atoms with E-state index < -0.39 is 0 Å². The predicted molar refractivity (Wildman–Crippen MR) is 124 cm³/mol. The van der Waals surface area contributed by atoms with E-state index in [9.17, 15) is 4.79 Å². The van der Waals surface area contributed by atoms with E-state index in [0.29, 0.717) is 30.4 Å². The Kier molecular flexibility index (Phi) is 9.41. The van der Waals surface area contributed by atoms with E-state index in [1.54, 1.807) is 6.07 Å². The van der Waals surface area contributed by atoms with Crippen LogP contribution in [0.3, 0.4) is 0 Å². The Morgan fingerprint density at radius 1 is 1.20 bits per heavy atom. The summed E-state index contributed by atoms with van der Waals surface area (Å²) in [5.41, 5.74) is 9.68. The number of carbonyl (C=O) groups excluding carboxylic acids is 1. The highest BCUT2D eigenvalue weighted by Crippen LogP contribution is 2.31. The fraction of sp³-hybridized carbons (Fsp3) is 0.478. The Bertz CT molecular complexity index is 825. The molecule has 7 nitrogen and oxygen atoms in total. The van der Waals surface area contributed by atoms with Crippen molar-refractivity contribution in [1.29, 1.82) is 0 Å². The summed E-state index contributed by atoms with van der Waals surface area (Å²) in [5.74, 6) is 0.483. The normalized spacial score (nSPS) is 10.8. The average molecular weight is 414 g/mol. The molecular formula is C23H35N5O2. The molecule has 2 aromatic rings.